The van der Waals surface area contributed by atoms with E-state index in [1.165, 1.54) is 6.20 Å². The van der Waals surface area contributed by atoms with Gasteiger partial charge in [0.1, 0.15) is 11.6 Å². The van der Waals surface area contributed by atoms with Crippen LogP contribution in [0.25, 0.3) is 0 Å². The molecule has 0 bridgehead atoms. The van der Waals surface area contributed by atoms with Crippen LogP contribution in [0, 0.1) is 0 Å². The number of hydrogen-bond acceptors (Lipinski definition) is 8. The fourth-order valence-electron chi connectivity index (χ4n) is 4.09. The molecule has 166 valence electrons. The number of aliphatic hydroxyl groups is 1. The van der Waals surface area contributed by atoms with Crippen LogP contribution >= 0.6 is 0 Å². The number of rotatable bonds is 8. The minimum absolute atomic E-state index is 0.00293. The Morgan fingerprint density at radius 1 is 1.06 bits per heavy atom. The van der Waals surface area contributed by atoms with Crippen LogP contribution in [0.5, 0.6) is 5.88 Å². The highest BCUT2D eigenvalue weighted by atomic mass is 19.3. The highest BCUT2D eigenvalue weighted by Crippen LogP contribution is 2.28. The molecule has 0 aromatic carbocycles. The summed E-state index contributed by atoms with van der Waals surface area (Å²) in [5.41, 5.74) is 0.691. The predicted molar refractivity (Wildman–Crippen MR) is 109 cm³/mol. The number of halogens is 2. The summed E-state index contributed by atoms with van der Waals surface area (Å²) in [5, 5.41) is 16.1. The SMILES string of the molecule is O=C1CC[C@H](CO)N1c1ccc(N[C@H]2CC[C@H](Nc3cnc(OC(F)F)cn3)C2)nc1. The monoisotopic (exact) mass is 434 g/mol. The number of anilines is 3. The molecule has 0 unspecified atom stereocenters. The highest BCUT2D eigenvalue weighted by molar-refractivity contribution is 5.96. The lowest BCUT2D eigenvalue weighted by Gasteiger charge is -2.23. The quantitative estimate of drug-likeness (QED) is 0.581. The van der Waals surface area contributed by atoms with Crippen LogP contribution in [0.2, 0.25) is 0 Å². The fourth-order valence-corrected chi connectivity index (χ4v) is 4.09. The van der Waals surface area contributed by atoms with Gasteiger partial charge in [0.25, 0.3) is 0 Å². The Hall–Kier alpha value is -3.08. The number of aliphatic hydroxyl groups excluding tert-OH is 1. The second-order valence-electron chi connectivity index (χ2n) is 7.65. The number of hydrogen-bond donors (Lipinski definition) is 3. The number of pyridine rings is 1. The van der Waals surface area contributed by atoms with E-state index in [1.807, 2.05) is 12.1 Å². The number of amides is 1. The van der Waals surface area contributed by atoms with Crippen molar-refractivity contribution in [1.29, 1.82) is 0 Å². The molecule has 3 N–H and O–H groups in total. The molecule has 2 aromatic rings. The molecule has 1 saturated carbocycles. The number of ether oxygens (including phenoxy) is 1. The van der Waals surface area contributed by atoms with Crippen LogP contribution < -0.4 is 20.3 Å². The van der Waals surface area contributed by atoms with Crippen molar-refractivity contribution >= 4 is 23.2 Å². The third kappa shape index (κ3) is 5.16. The first-order chi connectivity index (χ1) is 15.0. The Balaban J connectivity index is 1.28. The number of nitrogens with one attached hydrogen (secondary N) is 2. The molecular weight excluding hydrogens is 410 g/mol. The Morgan fingerprint density at radius 2 is 1.81 bits per heavy atom. The van der Waals surface area contributed by atoms with Crippen molar-refractivity contribution in [3.63, 3.8) is 0 Å². The topological polar surface area (TPSA) is 112 Å². The summed E-state index contributed by atoms with van der Waals surface area (Å²) >= 11 is 0. The zero-order chi connectivity index (χ0) is 21.8. The van der Waals surface area contributed by atoms with E-state index < -0.39 is 6.61 Å². The molecule has 1 amide bonds. The first-order valence-electron chi connectivity index (χ1n) is 10.2. The van der Waals surface area contributed by atoms with Gasteiger partial charge in [-0.25, -0.2) is 15.0 Å². The molecule has 1 aliphatic heterocycles. The second-order valence-corrected chi connectivity index (χ2v) is 7.65. The van der Waals surface area contributed by atoms with Crippen molar-refractivity contribution < 1.29 is 23.4 Å². The lowest BCUT2D eigenvalue weighted by molar-refractivity contribution is -0.117. The van der Waals surface area contributed by atoms with Crippen LogP contribution in [0.3, 0.4) is 0 Å². The molecular formula is C20H24F2N6O3. The van der Waals surface area contributed by atoms with Gasteiger partial charge in [-0.2, -0.15) is 8.78 Å². The normalized spacial score (nSPS) is 23.4. The molecule has 3 heterocycles. The van der Waals surface area contributed by atoms with Gasteiger partial charge in [0.2, 0.25) is 11.8 Å². The number of aromatic nitrogens is 3. The first kappa shape index (κ1) is 21.2. The lowest BCUT2D eigenvalue weighted by atomic mass is 10.2. The standard InChI is InChI=1S/C20H24F2N6O3/c21-20(22)31-18-10-24-17(9-25-18)27-13-2-1-12(7-13)26-16-5-3-14(8-23-16)28-15(11-29)4-6-19(28)30/h3,5,8-10,12-13,15,20,29H,1-2,4,6-7,11H2,(H,23,26)(H,24,27)/t12-,13-,15+/m0/s1. The van der Waals surface area contributed by atoms with Crippen LogP contribution in [0.4, 0.5) is 26.1 Å². The van der Waals surface area contributed by atoms with Crippen molar-refractivity contribution in [2.24, 2.45) is 0 Å². The van der Waals surface area contributed by atoms with Gasteiger partial charge in [0.15, 0.2) is 0 Å². The highest BCUT2D eigenvalue weighted by Gasteiger charge is 2.32. The van der Waals surface area contributed by atoms with E-state index in [2.05, 4.69) is 30.3 Å². The molecule has 3 atom stereocenters. The van der Waals surface area contributed by atoms with Crippen molar-refractivity contribution in [3.05, 3.63) is 30.7 Å². The first-order valence-corrected chi connectivity index (χ1v) is 10.2. The maximum absolute atomic E-state index is 12.2. The van der Waals surface area contributed by atoms with Crippen molar-refractivity contribution in [3.8, 4) is 5.88 Å². The van der Waals surface area contributed by atoms with E-state index >= 15 is 0 Å². The van der Waals surface area contributed by atoms with E-state index in [4.69, 9.17) is 0 Å². The number of nitrogens with zero attached hydrogens (tertiary/aromatic N) is 4. The lowest BCUT2D eigenvalue weighted by Crippen LogP contribution is -2.35. The average Bonchev–Trinajstić information content (AvgIpc) is 3.35. The zero-order valence-corrected chi connectivity index (χ0v) is 16.7. The molecule has 2 fully saturated rings. The summed E-state index contributed by atoms with van der Waals surface area (Å²) in [6.45, 7) is -2.99. The molecule has 2 aromatic heterocycles. The second kappa shape index (κ2) is 9.38. The largest absolute Gasteiger partial charge is 0.415 e. The Kier molecular flexibility index (Phi) is 6.40. The Labute approximate surface area is 177 Å². The van der Waals surface area contributed by atoms with Crippen molar-refractivity contribution in [1.82, 2.24) is 15.0 Å². The summed E-state index contributed by atoms with van der Waals surface area (Å²) in [5.74, 6) is 1.00. The van der Waals surface area contributed by atoms with Gasteiger partial charge < -0.3 is 25.4 Å². The van der Waals surface area contributed by atoms with E-state index in [0.29, 0.717) is 24.3 Å². The molecule has 2 aliphatic rings. The molecule has 1 saturated heterocycles. The van der Waals surface area contributed by atoms with Gasteiger partial charge in [-0.3, -0.25) is 4.79 Å². The van der Waals surface area contributed by atoms with Gasteiger partial charge in [0, 0.05) is 18.5 Å². The number of carbonyl (C=O) groups is 1. The predicted octanol–water partition coefficient (Wildman–Crippen LogP) is 2.41. The third-order valence-corrected chi connectivity index (χ3v) is 5.54. The van der Waals surface area contributed by atoms with Crippen LogP contribution in [0.1, 0.15) is 32.1 Å². The van der Waals surface area contributed by atoms with Gasteiger partial charge in [0.05, 0.1) is 36.9 Å². The number of alkyl halides is 2. The van der Waals surface area contributed by atoms with Gasteiger partial charge in [-0.1, -0.05) is 0 Å². The average molecular weight is 434 g/mol. The van der Waals surface area contributed by atoms with E-state index in [-0.39, 0.29) is 36.5 Å². The fraction of sp³-hybridized carbons (Fsp3) is 0.500. The van der Waals surface area contributed by atoms with Gasteiger partial charge in [-0.15, -0.1) is 0 Å². The summed E-state index contributed by atoms with van der Waals surface area (Å²) in [4.78, 5) is 26.0. The molecule has 0 radical (unpaired) electrons. The van der Waals surface area contributed by atoms with E-state index in [1.54, 1.807) is 11.1 Å². The minimum atomic E-state index is -2.93. The number of carbonyl (C=O) groups excluding carboxylic acids is 1. The maximum Gasteiger partial charge on any atom is 0.388 e. The van der Waals surface area contributed by atoms with E-state index in [0.717, 1.165) is 31.3 Å². The maximum atomic E-state index is 12.2. The minimum Gasteiger partial charge on any atom is -0.415 e. The van der Waals surface area contributed by atoms with Gasteiger partial charge in [-0.05, 0) is 37.8 Å². The Bertz CT molecular complexity index is 883. The Morgan fingerprint density at radius 3 is 2.42 bits per heavy atom. The molecule has 11 heteroatoms. The summed E-state index contributed by atoms with van der Waals surface area (Å²) < 4.78 is 28.5. The summed E-state index contributed by atoms with van der Waals surface area (Å²) in [6.07, 6.45) is 7.95. The summed E-state index contributed by atoms with van der Waals surface area (Å²) in [7, 11) is 0. The molecule has 9 nitrogen and oxygen atoms in total. The van der Waals surface area contributed by atoms with Crippen LogP contribution in [-0.4, -0.2) is 57.3 Å². The van der Waals surface area contributed by atoms with Crippen molar-refractivity contribution in [2.45, 2.75) is 56.8 Å². The molecule has 31 heavy (non-hydrogen) atoms. The molecule has 0 spiro atoms. The smallest absolute Gasteiger partial charge is 0.388 e. The third-order valence-electron chi connectivity index (χ3n) is 5.54. The van der Waals surface area contributed by atoms with Gasteiger partial charge >= 0.3 is 6.61 Å². The molecule has 4 rings (SSSR count). The zero-order valence-electron chi connectivity index (χ0n) is 16.7. The van der Waals surface area contributed by atoms with Crippen LogP contribution in [-0.2, 0) is 4.79 Å². The van der Waals surface area contributed by atoms with E-state index in [9.17, 15) is 18.7 Å². The summed E-state index contributed by atoms with van der Waals surface area (Å²) in [6, 6.07) is 3.87. The molecule has 1 aliphatic carbocycles. The van der Waals surface area contributed by atoms with Crippen LogP contribution in [0.15, 0.2) is 30.7 Å². The van der Waals surface area contributed by atoms with Crippen molar-refractivity contribution in [2.75, 3.05) is 22.1 Å².